The first-order valence-corrected chi connectivity index (χ1v) is 9.98. The molecule has 4 rings (SSSR count). The third-order valence-electron chi connectivity index (χ3n) is 6.44. The van der Waals surface area contributed by atoms with E-state index in [1.165, 1.54) is 56.1 Å². The molecule has 0 unspecified atom stereocenters. The van der Waals surface area contributed by atoms with Gasteiger partial charge in [-0.1, -0.05) is 80.3 Å². The summed E-state index contributed by atoms with van der Waals surface area (Å²) in [6.07, 6.45) is 10.3. The van der Waals surface area contributed by atoms with Crippen LogP contribution in [0.3, 0.4) is 0 Å². The summed E-state index contributed by atoms with van der Waals surface area (Å²) in [4.78, 5) is 12.7. The van der Waals surface area contributed by atoms with Gasteiger partial charge in [-0.15, -0.1) is 0 Å². The predicted molar refractivity (Wildman–Crippen MR) is 104 cm³/mol. The van der Waals surface area contributed by atoms with Crippen LogP contribution in [0.2, 0.25) is 0 Å². The Hall–Kier alpha value is -1.89. The SMILES string of the molecule is O=C(C[C@H]1CC[C@@H]2CCCC[C@H]2C1)c1ccc(-c2ccccc2)cc1. The van der Waals surface area contributed by atoms with E-state index in [0.717, 1.165) is 23.8 Å². The zero-order valence-corrected chi connectivity index (χ0v) is 15.0. The molecule has 3 atom stereocenters. The molecule has 0 radical (unpaired) electrons. The van der Waals surface area contributed by atoms with Crippen molar-refractivity contribution in [1.82, 2.24) is 0 Å². The summed E-state index contributed by atoms with van der Waals surface area (Å²) < 4.78 is 0. The van der Waals surface area contributed by atoms with Gasteiger partial charge in [-0.05, 0) is 48.1 Å². The smallest absolute Gasteiger partial charge is 0.163 e. The number of benzene rings is 2. The highest BCUT2D eigenvalue weighted by Crippen LogP contribution is 2.43. The number of hydrogen-bond donors (Lipinski definition) is 0. The van der Waals surface area contributed by atoms with Crippen molar-refractivity contribution in [2.45, 2.75) is 51.4 Å². The van der Waals surface area contributed by atoms with Crippen LogP contribution in [-0.2, 0) is 0 Å². The topological polar surface area (TPSA) is 17.1 Å². The van der Waals surface area contributed by atoms with Gasteiger partial charge in [0.05, 0.1) is 0 Å². The van der Waals surface area contributed by atoms with E-state index in [2.05, 4.69) is 36.4 Å². The average Bonchev–Trinajstić information content (AvgIpc) is 2.69. The van der Waals surface area contributed by atoms with E-state index >= 15 is 0 Å². The minimum absolute atomic E-state index is 0.332. The molecule has 2 aromatic rings. The second-order valence-corrected chi connectivity index (χ2v) is 8.05. The molecule has 0 spiro atoms. The Kier molecular flexibility index (Phi) is 5.01. The van der Waals surface area contributed by atoms with Crippen molar-refractivity contribution in [3.8, 4) is 11.1 Å². The summed E-state index contributed by atoms with van der Waals surface area (Å²) in [6.45, 7) is 0. The summed E-state index contributed by atoms with van der Waals surface area (Å²) >= 11 is 0. The van der Waals surface area contributed by atoms with Gasteiger partial charge in [0.15, 0.2) is 5.78 Å². The first-order chi connectivity index (χ1) is 12.3. The Labute approximate surface area is 151 Å². The van der Waals surface area contributed by atoms with Crippen LogP contribution in [0.4, 0.5) is 0 Å². The maximum atomic E-state index is 12.7. The molecule has 0 amide bonds. The zero-order chi connectivity index (χ0) is 17.1. The molecule has 1 nitrogen and oxygen atoms in total. The Bertz CT molecular complexity index is 701. The molecule has 0 aliphatic heterocycles. The van der Waals surface area contributed by atoms with Crippen molar-refractivity contribution in [2.75, 3.05) is 0 Å². The summed E-state index contributed by atoms with van der Waals surface area (Å²) in [5.74, 6) is 2.81. The van der Waals surface area contributed by atoms with Gasteiger partial charge in [0.25, 0.3) is 0 Å². The van der Waals surface area contributed by atoms with E-state index in [-0.39, 0.29) is 0 Å². The van der Waals surface area contributed by atoms with E-state index in [1.807, 2.05) is 18.2 Å². The van der Waals surface area contributed by atoms with Gasteiger partial charge in [-0.25, -0.2) is 0 Å². The molecule has 0 aromatic heterocycles. The fraction of sp³-hybridized carbons (Fsp3) is 0.458. The van der Waals surface area contributed by atoms with Crippen LogP contribution in [0, 0.1) is 17.8 Å². The standard InChI is InChI=1S/C24H28O/c25-24(17-18-10-11-20-8-4-5-9-23(20)16-18)22-14-12-21(13-15-22)19-6-2-1-3-7-19/h1-3,6-7,12-15,18,20,23H,4-5,8-11,16-17H2/t18-,20-,23-/m0/s1. The van der Waals surface area contributed by atoms with E-state index in [4.69, 9.17) is 0 Å². The number of hydrogen-bond acceptors (Lipinski definition) is 1. The molecule has 2 saturated carbocycles. The minimum Gasteiger partial charge on any atom is -0.294 e. The average molecular weight is 332 g/mol. The Morgan fingerprint density at radius 2 is 1.44 bits per heavy atom. The lowest BCUT2D eigenvalue weighted by atomic mass is 9.66. The van der Waals surface area contributed by atoms with Crippen molar-refractivity contribution in [3.05, 3.63) is 60.2 Å². The quantitative estimate of drug-likeness (QED) is 0.581. The monoisotopic (exact) mass is 332 g/mol. The summed E-state index contributed by atoms with van der Waals surface area (Å²) in [6, 6.07) is 18.5. The molecule has 130 valence electrons. The Morgan fingerprint density at radius 1 is 0.760 bits per heavy atom. The van der Waals surface area contributed by atoms with Crippen LogP contribution in [0.15, 0.2) is 54.6 Å². The van der Waals surface area contributed by atoms with Crippen molar-refractivity contribution in [1.29, 1.82) is 0 Å². The maximum Gasteiger partial charge on any atom is 0.163 e. The fourth-order valence-electron chi connectivity index (χ4n) is 5.02. The van der Waals surface area contributed by atoms with Crippen molar-refractivity contribution >= 4 is 5.78 Å². The molecular formula is C24H28O. The van der Waals surface area contributed by atoms with E-state index < -0.39 is 0 Å². The lowest BCUT2D eigenvalue weighted by molar-refractivity contribution is 0.0877. The molecule has 25 heavy (non-hydrogen) atoms. The summed E-state index contributed by atoms with van der Waals surface area (Å²) in [7, 11) is 0. The van der Waals surface area contributed by atoms with Crippen molar-refractivity contribution < 1.29 is 4.79 Å². The van der Waals surface area contributed by atoms with Gasteiger partial charge in [0.1, 0.15) is 0 Å². The predicted octanol–water partition coefficient (Wildman–Crippen LogP) is 6.53. The Morgan fingerprint density at radius 3 is 2.20 bits per heavy atom. The fourth-order valence-corrected chi connectivity index (χ4v) is 5.02. The first-order valence-electron chi connectivity index (χ1n) is 9.98. The molecular weight excluding hydrogens is 304 g/mol. The molecule has 2 aromatic carbocycles. The highest BCUT2D eigenvalue weighted by molar-refractivity contribution is 5.96. The lowest BCUT2D eigenvalue weighted by Gasteiger charge is -2.39. The number of ketones is 1. The second-order valence-electron chi connectivity index (χ2n) is 8.05. The zero-order valence-electron chi connectivity index (χ0n) is 15.0. The minimum atomic E-state index is 0.332. The largest absolute Gasteiger partial charge is 0.294 e. The summed E-state index contributed by atoms with van der Waals surface area (Å²) in [5.41, 5.74) is 3.27. The molecule has 2 fully saturated rings. The number of carbonyl (C=O) groups excluding carboxylic acids is 1. The molecule has 1 heteroatoms. The lowest BCUT2D eigenvalue weighted by Crippen LogP contribution is -2.28. The second kappa shape index (κ2) is 7.56. The number of carbonyl (C=O) groups is 1. The number of rotatable bonds is 4. The normalized spacial score (nSPS) is 26.0. The highest BCUT2D eigenvalue weighted by atomic mass is 16.1. The molecule has 2 aliphatic rings. The molecule has 0 saturated heterocycles. The van der Waals surface area contributed by atoms with Crippen LogP contribution in [-0.4, -0.2) is 5.78 Å². The number of Topliss-reactive ketones (excluding diaryl/α,β-unsaturated/α-hetero) is 1. The third-order valence-corrected chi connectivity index (χ3v) is 6.44. The molecule has 0 N–H and O–H groups in total. The van der Waals surface area contributed by atoms with Crippen LogP contribution >= 0.6 is 0 Å². The van der Waals surface area contributed by atoms with Crippen LogP contribution in [0.1, 0.15) is 61.7 Å². The van der Waals surface area contributed by atoms with Crippen molar-refractivity contribution in [2.24, 2.45) is 17.8 Å². The van der Waals surface area contributed by atoms with Gasteiger partial charge in [-0.2, -0.15) is 0 Å². The van der Waals surface area contributed by atoms with Gasteiger partial charge in [0, 0.05) is 12.0 Å². The third kappa shape index (κ3) is 3.86. The maximum absolute atomic E-state index is 12.7. The first kappa shape index (κ1) is 16.6. The number of fused-ring (bicyclic) bond motifs is 1. The van der Waals surface area contributed by atoms with Crippen LogP contribution in [0.5, 0.6) is 0 Å². The van der Waals surface area contributed by atoms with Gasteiger partial charge >= 0.3 is 0 Å². The van der Waals surface area contributed by atoms with Crippen LogP contribution in [0.25, 0.3) is 11.1 Å². The summed E-state index contributed by atoms with van der Waals surface area (Å²) in [5, 5.41) is 0. The highest BCUT2D eigenvalue weighted by Gasteiger charge is 2.32. The van der Waals surface area contributed by atoms with E-state index in [0.29, 0.717) is 11.7 Å². The van der Waals surface area contributed by atoms with Crippen LogP contribution < -0.4 is 0 Å². The molecule has 2 aliphatic carbocycles. The molecule has 0 heterocycles. The van der Waals surface area contributed by atoms with Gasteiger partial charge in [0.2, 0.25) is 0 Å². The van der Waals surface area contributed by atoms with E-state index in [9.17, 15) is 4.79 Å². The van der Waals surface area contributed by atoms with E-state index in [1.54, 1.807) is 0 Å². The molecule has 0 bridgehead atoms. The van der Waals surface area contributed by atoms with Gasteiger partial charge in [-0.3, -0.25) is 4.79 Å². The van der Waals surface area contributed by atoms with Crippen molar-refractivity contribution in [3.63, 3.8) is 0 Å². The van der Waals surface area contributed by atoms with Gasteiger partial charge < -0.3 is 0 Å². The Balaban J connectivity index is 1.38.